The van der Waals surface area contributed by atoms with Gasteiger partial charge in [-0.2, -0.15) is 0 Å². The molecule has 0 atom stereocenters. The molecule has 0 amide bonds. The van der Waals surface area contributed by atoms with Crippen molar-refractivity contribution >= 4 is 17.3 Å². The number of aromatic nitrogens is 1. The molecule has 110 valence electrons. The number of hydrogen-bond donors (Lipinski definition) is 2. The maximum atomic E-state index is 7.82. The van der Waals surface area contributed by atoms with Crippen molar-refractivity contribution in [2.75, 3.05) is 11.9 Å². The van der Waals surface area contributed by atoms with E-state index in [9.17, 15) is 0 Å². The Morgan fingerprint density at radius 3 is 2.38 bits per heavy atom. The van der Waals surface area contributed by atoms with Gasteiger partial charge in [0.2, 0.25) is 0 Å². The van der Waals surface area contributed by atoms with Gasteiger partial charge in [0.1, 0.15) is 11.7 Å². The zero-order chi connectivity index (χ0) is 15.6. The van der Waals surface area contributed by atoms with Crippen LogP contribution >= 0.6 is 0 Å². The predicted octanol–water partition coefficient (Wildman–Crippen LogP) is 3.31. The van der Waals surface area contributed by atoms with Gasteiger partial charge < -0.3 is 10.6 Å². The van der Waals surface area contributed by atoms with Gasteiger partial charge in [0.25, 0.3) is 0 Å². The highest BCUT2D eigenvalue weighted by Crippen LogP contribution is 2.27. The lowest BCUT2D eigenvalue weighted by Gasteiger charge is -2.23. The van der Waals surface area contributed by atoms with Gasteiger partial charge >= 0.3 is 0 Å². The molecule has 1 heterocycles. The van der Waals surface area contributed by atoms with Crippen molar-refractivity contribution in [3.63, 3.8) is 0 Å². The molecule has 1 aromatic carbocycles. The molecule has 0 radical (unpaired) electrons. The normalized spacial score (nSPS) is 10.5. The van der Waals surface area contributed by atoms with Crippen LogP contribution in [0.4, 0.5) is 11.5 Å². The third-order valence-electron chi connectivity index (χ3n) is 3.64. The van der Waals surface area contributed by atoms with E-state index in [2.05, 4.69) is 36.2 Å². The first-order valence-electron chi connectivity index (χ1n) is 7.09. The minimum absolute atomic E-state index is 0.0482. The number of rotatable bonds is 4. The van der Waals surface area contributed by atoms with E-state index in [1.807, 2.05) is 31.9 Å². The molecule has 0 bridgehead atoms. The number of benzene rings is 1. The molecule has 4 heteroatoms. The molecule has 2 rings (SSSR count). The average molecular weight is 282 g/mol. The SMILES string of the molecule is CCc1ccc(N(C)c2nc(C)cc(C)c2C(=N)N)cc1. The summed E-state index contributed by atoms with van der Waals surface area (Å²) in [6.07, 6.45) is 1.02. The van der Waals surface area contributed by atoms with Crippen LogP contribution in [0.5, 0.6) is 0 Å². The Kier molecular flexibility index (Phi) is 4.26. The molecule has 21 heavy (non-hydrogen) atoms. The molecule has 0 spiro atoms. The lowest BCUT2D eigenvalue weighted by Crippen LogP contribution is -2.21. The molecule has 0 aliphatic carbocycles. The summed E-state index contributed by atoms with van der Waals surface area (Å²) in [6, 6.07) is 10.3. The van der Waals surface area contributed by atoms with Crippen molar-refractivity contribution in [2.24, 2.45) is 5.73 Å². The Bertz CT molecular complexity index is 659. The molecular weight excluding hydrogens is 260 g/mol. The zero-order valence-electron chi connectivity index (χ0n) is 13.1. The van der Waals surface area contributed by atoms with Crippen molar-refractivity contribution in [1.82, 2.24) is 4.98 Å². The van der Waals surface area contributed by atoms with Gasteiger partial charge in [-0.25, -0.2) is 4.98 Å². The predicted molar refractivity (Wildman–Crippen MR) is 88.6 cm³/mol. The Morgan fingerprint density at radius 1 is 1.24 bits per heavy atom. The second-order valence-corrected chi connectivity index (χ2v) is 5.27. The van der Waals surface area contributed by atoms with E-state index in [1.165, 1.54) is 5.56 Å². The number of nitrogens with one attached hydrogen (secondary N) is 1. The summed E-state index contributed by atoms with van der Waals surface area (Å²) >= 11 is 0. The standard InChI is InChI=1S/C17H22N4/c1-5-13-6-8-14(9-7-13)21(4)17-15(16(18)19)11(2)10-12(3)20-17/h6-10H,5H2,1-4H3,(H3,18,19). The van der Waals surface area contributed by atoms with E-state index in [1.54, 1.807) is 0 Å². The molecular formula is C17H22N4. The summed E-state index contributed by atoms with van der Waals surface area (Å²) in [7, 11) is 1.95. The van der Waals surface area contributed by atoms with E-state index in [-0.39, 0.29) is 5.84 Å². The molecule has 0 fully saturated rings. The third kappa shape index (κ3) is 3.05. The smallest absolute Gasteiger partial charge is 0.144 e. The van der Waals surface area contributed by atoms with Crippen LogP contribution in [0.25, 0.3) is 0 Å². The lowest BCUT2D eigenvalue weighted by atomic mass is 10.1. The fourth-order valence-corrected chi connectivity index (χ4v) is 2.47. The highest BCUT2D eigenvalue weighted by atomic mass is 15.2. The molecule has 0 saturated heterocycles. The highest BCUT2D eigenvalue weighted by molar-refractivity contribution is 6.01. The average Bonchev–Trinajstić information content (AvgIpc) is 2.45. The van der Waals surface area contributed by atoms with Crippen LogP contribution in [0, 0.1) is 19.3 Å². The van der Waals surface area contributed by atoms with Gasteiger partial charge in [0, 0.05) is 18.4 Å². The maximum Gasteiger partial charge on any atom is 0.144 e. The fraction of sp³-hybridized carbons (Fsp3) is 0.294. The zero-order valence-corrected chi connectivity index (χ0v) is 13.1. The molecule has 0 aliphatic rings. The van der Waals surface area contributed by atoms with E-state index in [0.717, 1.165) is 29.2 Å². The topological polar surface area (TPSA) is 66.0 Å². The maximum absolute atomic E-state index is 7.82. The van der Waals surface area contributed by atoms with Crippen molar-refractivity contribution in [1.29, 1.82) is 5.41 Å². The van der Waals surface area contributed by atoms with Crippen LogP contribution in [0.2, 0.25) is 0 Å². The monoisotopic (exact) mass is 282 g/mol. The first-order chi connectivity index (χ1) is 9.93. The Hall–Kier alpha value is -2.36. The van der Waals surface area contributed by atoms with Gasteiger partial charge in [-0.15, -0.1) is 0 Å². The molecule has 0 aliphatic heterocycles. The summed E-state index contributed by atoms with van der Waals surface area (Å²) in [4.78, 5) is 6.56. The number of nitrogen functional groups attached to an aromatic ring is 1. The van der Waals surface area contributed by atoms with E-state index in [0.29, 0.717) is 5.56 Å². The van der Waals surface area contributed by atoms with Crippen molar-refractivity contribution in [3.8, 4) is 0 Å². The number of nitrogens with zero attached hydrogens (tertiary/aromatic N) is 2. The van der Waals surface area contributed by atoms with Crippen LogP contribution < -0.4 is 10.6 Å². The van der Waals surface area contributed by atoms with Crippen LogP contribution in [-0.4, -0.2) is 17.9 Å². The van der Waals surface area contributed by atoms with Gasteiger partial charge in [0.05, 0.1) is 5.56 Å². The second kappa shape index (κ2) is 5.95. The van der Waals surface area contributed by atoms with Crippen LogP contribution in [-0.2, 0) is 6.42 Å². The van der Waals surface area contributed by atoms with Crippen LogP contribution in [0.1, 0.15) is 29.3 Å². The van der Waals surface area contributed by atoms with E-state index in [4.69, 9.17) is 11.1 Å². The van der Waals surface area contributed by atoms with Crippen molar-refractivity contribution in [3.05, 3.63) is 52.7 Å². The van der Waals surface area contributed by atoms with E-state index < -0.39 is 0 Å². The minimum atomic E-state index is 0.0482. The quantitative estimate of drug-likeness (QED) is 0.668. The highest BCUT2D eigenvalue weighted by Gasteiger charge is 2.16. The number of pyridine rings is 1. The molecule has 0 saturated carbocycles. The fourth-order valence-electron chi connectivity index (χ4n) is 2.47. The van der Waals surface area contributed by atoms with Gasteiger partial charge in [-0.1, -0.05) is 19.1 Å². The van der Waals surface area contributed by atoms with Crippen molar-refractivity contribution in [2.45, 2.75) is 27.2 Å². The largest absolute Gasteiger partial charge is 0.384 e. The number of nitrogens with two attached hydrogens (primary N) is 1. The summed E-state index contributed by atoms with van der Waals surface area (Å²) in [5.74, 6) is 0.774. The summed E-state index contributed by atoms with van der Waals surface area (Å²) < 4.78 is 0. The number of amidine groups is 1. The lowest BCUT2D eigenvalue weighted by molar-refractivity contribution is 1.06. The summed E-state index contributed by atoms with van der Waals surface area (Å²) in [5.41, 5.74) is 10.7. The Morgan fingerprint density at radius 2 is 1.86 bits per heavy atom. The first kappa shape index (κ1) is 15.0. The summed E-state index contributed by atoms with van der Waals surface area (Å²) in [6.45, 7) is 6.05. The van der Waals surface area contributed by atoms with Crippen molar-refractivity contribution < 1.29 is 0 Å². The van der Waals surface area contributed by atoms with Crippen LogP contribution in [0.3, 0.4) is 0 Å². The van der Waals surface area contributed by atoms with Gasteiger partial charge in [-0.05, 0) is 49.6 Å². The molecule has 4 nitrogen and oxygen atoms in total. The first-order valence-corrected chi connectivity index (χ1v) is 7.09. The summed E-state index contributed by atoms with van der Waals surface area (Å²) in [5, 5.41) is 7.82. The third-order valence-corrected chi connectivity index (χ3v) is 3.64. The minimum Gasteiger partial charge on any atom is -0.384 e. The Labute approximate surface area is 126 Å². The Balaban J connectivity index is 2.51. The molecule has 1 aromatic heterocycles. The number of anilines is 2. The van der Waals surface area contributed by atoms with Crippen LogP contribution in [0.15, 0.2) is 30.3 Å². The molecule has 0 unspecified atom stereocenters. The molecule has 3 N–H and O–H groups in total. The number of aryl methyl sites for hydroxylation is 3. The second-order valence-electron chi connectivity index (χ2n) is 5.27. The van der Waals surface area contributed by atoms with E-state index >= 15 is 0 Å². The van der Waals surface area contributed by atoms with Gasteiger partial charge in [-0.3, -0.25) is 5.41 Å². The molecule has 2 aromatic rings. The number of hydrogen-bond acceptors (Lipinski definition) is 3. The van der Waals surface area contributed by atoms with Gasteiger partial charge in [0.15, 0.2) is 0 Å².